The molecule has 0 saturated carbocycles. The molecular formula is C15H29N5O. The van der Waals surface area contributed by atoms with Crippen LogP contribution in [0.2, 0.25) is 0 Å². The molecule has 2 rings (SSSR count). The average molecular weight is 295 g/mol. The van der Waals surface area contributed by atoms with Gasteiger partial charge in [-0.1, -0.05) is 25.9 Å². The highest BCUT2D eigenvalue weighted by Gasteiger charge is 2.28. The molecule has 1 aliphatic rings. The molecule has 2 heterocycles. The molecular weight excluding hydrogens is 266 g/mol. The van der Waals surface area contributed by atoms with Crippen molar-refractivity contribution < 1.29 is 4.52 Å². The predicted octanol–water partition coefficient (Wildman–Crippen LogP) is 1.29. The van der Waals surface area contributed by atoms with E-state index >= 15 is 0 Å². The number of rotatable bonds is 4. The Morgan fingerprint density at radius 1 is 1.33 bits per heavy atom. The summed E-state index contributed by atoms with van der Waals surface area (Å²) < 4.78 is 5.40. The molecule has 1 saturated heterocycles. The van der Waals surface area contributed by atoms with Gasteiger partial charge in [-0.15, -0.1) is 0 Å². The van der Waals surface area contributed by atoms with Gasteiger partial charge in [0, 0.05) is 32.1 Å². The van der Waals surface area contributed by atoms with Crippen molar-refractivity contribution in [3.63, 3.8) is 0 Å². The Morgan fingerprint density at radius 2 is 2.05 bits per heavy atom. The number of aromatic nitrogens is 2. The maximum absolute atomic E-state index is 6.18. The Kier molecular flexibility index (Phi) is 5.01. The standard InChI is InChI=1S/C15H29N5O/c1-15(2,3)9-11(16)8-13-17-14(18-21-13)12-10-19(4)6-7-20(12)5/h11-12H,6-10,16H2,1-5H3. The first-order valence-electron chi connectivity index (χ1n) is 7.71. The van der Waals surface area contributed by atoms with Crippen molar-refractivity contribution in [2.24, 2.45) is 11.1 Å². The monoisotopic (exact) mass is 295 g/mol. The Bertz CT molecular complexity index is 453. The maximum atomic E-state index is 6.18. The third-order valence-electron chi connectivity index (χ3n) is 3.94. The van der Waals surface area contributed by atoms with Crippen molar-refractivity contribution in [1.82, 2.24) is 19.9 Å². The molecule has 1 aliphatic heterocycles. The van der Waals surface area contributed by atoms with Crippen molar-refractivity contribution in [3.05, 3.63) is 11.7 Å². The second-order valence-corrected chi connectivity index (χ2v) is 7.53. The van der Waals surface area contributed by atoms with Crippen LogP contribution in [0.25, 0.3) is 0 Å². The smallest absolute Gasteiger partial charge is 0.228 e. The molecule has 0 amide bonds. The summed E-state index contributed by atoms with van der Waals surface area (Å²) in [6, 6.07) is 0.269. The molecule has 120 valence electrons. The van der Waals surface area contributed by atoms with E-state index < -0.39 is 0 Å². The first kappa shape index (κ1) is 16.4. The molecule has 2 N–H and O–H groups in total. The molecule has 0 bridgehead atoms. The Balaban J connectivity index is 1.97. The fourth-order valence-corrected chi connectivity index (χ4v) is 2.86. The minimum absolute atomic E-state index is 0.0602. The van der Waals surface area contributed by atoms with E-state index in [0.717, 1.165) is 31.9 Å². The van der Waals surface area contributed by atoms with E-state index in [1.165, 1.54) is 0 Å². The van der Waals surface area contributed by atoms with Crippen LogP contribution in [0.3, 0.4) is 0 Å². The molecule has 0 aliphatic carbocycles. The Hall–Kier alpha value is -0.980. The van der Waals surface area contributed by atoms with Gasteiger partial charge >= 0.3 is 0 Å². The van der Waals surface area contributed by atoms with Crippen molar-refractivity contribution in [2.75, 3.05) is 33.7 Å². The number of piperazine rings is 1. The van der Waals surface area contributed by atoms with Crippen LogP contribution in [0.1, 0.15) is 44.9 Å². The molecule has 2 unspecified atom stereocenters. The highest BCUT2D eigenvalue weighted by molar-refractivity contribution is 4.99. The van der Waals surface area contributed by atoms with Gasteiger partial charge in [0.1, 0.15) is 0 Å². The largest absolute Gasteiger partial charge is 0.339 e. The number of nitrogens with two attached hydrogens (primary N) is 1. The lowest BCUT2D eigenvalue weighted by molar-refractivity contribution is 0.108. The van der Waals surface area contributed by atoms with Crippen LogP contribution in [-0.4, -0.2) is 59.7 Å². The fraction of sp³-hybridized carbons (Fsp3) is 0.867. The van der Waals surface area contributed by atoms with E-state index in [-0.39, 0.29) is 17.5 Å². The molecule has 0 spiro atoms. The normalized spacial score (nSPS) is 23.4. The van der Waals surface area contributed by atoms with Crippen LogP contribution in [0.15, 0.2) is 4.52 Å². The average Bonchev–Trinajstić information content (AvgIpc) is 2.78. The van der Waals surface area contributed by atoms with Crippen LogP contribution in [-0.2, 0) is 6.42 Å². The van der Waals surface area contributed by atoms with Gasteiger partial charge in [-0.2, -0.15) is 4.98 Å². The molecule has 1 aromatic rings. The van der Waals surface area contributed by atoms with Gasteiger partial charge < -0.3 is 15.2 Å². The lowest BCUT2D eigenvalue weighted by Gasteiger charge is -2.35. The van der Waals surface area contributed by atoms with Gasteiger partial charge in [0.25, 0.3) is 0 Å². The summed E-state index contributed by atoms with van der Waals surface area (Å²) in [7, 11) is 4.24. The SMILES string of the molecule is CN1CCN(C)C(c2noc(CC(N)CC(C)(C)C)n2)C1. The summed E-state index contributed by atoms with van der Waals surface area (Å²) in [6.07, 6.45) is 1.59. The summed E-state index contributed by atoms with van der Waals surface area (Å²) in [5.74, 6) is 1.44. The van der Waals surface area contributed by atoms with Gasteiger partial charge in [-0.25, -0.2) is 0 Å². The van der Waals surface area contributed by atoms with Gasteiger partial charge in [-0.05, 0) is 25.9 Å². The molecule has 0 aromatic carbocycles. The van der Waals surface area contributed by atoms with Crippen molar-refractivity contribution >= 4 is 0 Å². The summed E-state index contributed by atoms with van der Waals surface area (Å²) in [5.41, 5.74) is 6.40. The lowest BCUT2D eigenvalue weighted by Crippen LogP contribution is -2.45. The first-order valence-corrected chi connectivity index (χ1v) is 7.71. The zero-order valence-electron chi connectivity index (χ0n) is 14.0. The maximum Gasteiger partial charge on any atom is 0.228 e. The van der Waals surface area contributed by atoms with Gasteiger partial charge in [-0.3, -0.25) is 4.90 Å². The van der Waals surface area contributed by atoms with Gasteiger partial charge in [0.05, 0.1) is 6.04 Å². The summed E-state index contributed by atoms with van der Waals surface area (Å²) in [6.45, 7) is 9.61. The molecule has 6 nitrogen and oxygen atoms in total. The van der Waals surface area contributed by atoms with Crippen molar-refractivity contribution in [2.45, 2.75) is 45.7 Å². The van der Waals surface area contributed by atoms with Crippen molar-refractivity contribution in [1.29, 1.82) is 0 Å². The van der Waals surface area contributed by atoms with Crippen LogP contribution in [0.4, 0.5) is 0 Å². The third-order valence-corrected chi connectivity index (χ3v) is 3.94. The molecule has 1 fully saturated rings. The number of nitrogens with zero attached hydrogens (tertiary/aromatic N) is 4. The zero-order valence-corrected chi connectivity index (χ0v) is 14.0. The van der Waals surface area contributed by atoms with E-state index in [0.29, 0.717) is 12.3 Å². The van der Waals surface area contributed by atoms with E-state index in [4.69, 9.17) is 10.3 Å². The van der Waals surface area contributed by atoms with E-state index in [2.05, 4.69) is 54.8 Å². The molecule has 21 heavy (non-hydrogen) atoms. The quantitative estimate of drug-likeness (QED) is 0.902. The van der Waals surface area contributed by atoms with E-state index in [1.54, 1.807) is 0 Å². The minimum Gasteiger partial charge on any atom is -0.339 e. The second-order valence-electron chi connectivity index (χ2n) is 7.53. The van der Waals surface area contributed by atoms with Crippen LogP contribution >= 0.6 is 0 Å². The third kappa shape index (κ3) is 4.76. The number of hydrogen-bond donors (Lipinski definition) is 1. The summed E-state index contributed by atoms with van der Waals surface area (Å²) >= 11 is 0. The molecule has 6 heteroatoms. The van der Waals surface area contributed by atoms with Gasteiger partial charge in [0.2, 0.25) is 5.89 Å². The second kappa shape index (κ2) is 6.42. The fourth-order valence-electron chi connectivity index (χ4n) is 2.86. The van der Waals surface area contributed by atoms with Crippen molar-refractivity contribution in [3.8, 4) is 0 Å². The first-order chi connectivity index (χ1) is 9.74. The number of likely N-dealkylation sites (N-methyl/N-ethyl adjacent to an activating group) is 2. The number of hydrogen-bond acceptors (Lipinski definition) is 6. The molecule has 0 radical (unpaired) electrons. The van der Waals surface area contributed by atoms with E-state index in [1.807, 2.05) is 0 Å². The Labute approximate surface area is 127 Å². The summed E-state index contributed by atoms with van der Waals surface area (Å²) in [5, 5.41) is 4.16. The van der Waals surface area contributed by atoms with Crippen LogP contribution < -0.4 is 5.73 Å². The highest BCUT2D eigenvalue weighted by atomic mass is 16.5. The predicted molar refractivity (Wildman–Crippen MR) is 82.9 cm³/mol. The molecule has 2 atom stereocenters. The van der Waals surface area contributed by atoms with Crippen LogP contribution in [0, 0.1) is 5.41 Å². The van der Waals surface area contributed by atoms with Gasteiger partial charge in [0.15, 0.2) is 5.82 Å². The van der Waals surface area contributed by atoms with E-state index in [9.17, 15) is 0 Å². The van der Waals surface area contributed by atoms with Crippen LogP contribution in [0.5, 0.6) is 0 Å². The topological polar surface area (TPSA) is 71.4 Å². The minimum atomic E-state index is 0.0602. The Morgan fingerprint density at radius 3 is 2.71 bits per heavy atom. The highest BCUT2D eigenvalue weighted by Crippen LogP contribution is 2.23. The lowest BCUT2D eigenvalue weighted by atomic mass is 9.87. The zero-order chi connectivity index (χ0) is 15.6. The molecule has 1 aromatic heterocycles. The summed E-state index contributed by atoms with van der Waals surface area (Å²) in [4.78, 5) is 9.14.